The summed E-state index contributed by atoms with van der Waals surface area (Å²) >= 11 is 6.42. The molecule has 2 aromatic rings. The molecule has 3 aliphatic rings. The number of benzene rings is 1. The highest BCUT2D eigenvalue weighted by atomic mass is 35.5. The molecule has 1 aromatic heterocycles. The van der Waals surface area contributed by atoms with Gasteiger partial charge < -0.3 is 23.9 Å². The van der Waals surface area contributed by atoms with E-state index in [-0.39, 0.29) is 17.9 Å². The van der Waals surface area contributed by atoms with Gasteiger partial charge in [0, 0.05) is 82.4 Å². The molecule has 43 heavy (non-hydrogen) atoms. The van der Waals surface area contributed by atoms with Crippen LogP contribution in [0.1, 0.15) is 53.4 Å². The molecule has 4 heterocycles. The lowest BCUT2D eigenvalue weighted by atomic mass is 10.0. The van der Waals surface area contributed by atoms with Crippen LogP contribution in [0.4, 0.5) is 10.5 Å². The van der Waals surface area contributed by atoms with Crippen LogP contribution in [0, 0.1) is 32.6 Å². The number of carbonyl (C=O) groups is 3. The summed E-state index contributed by atoms with van der Waals surface area (Å²) in [7, 11) is 0. The Hall–Kier alpha value is -3.37. The van der Waals surface area contributed by atoms with E-state index in [1.54, 1.807) is 30.6 Å². The van der Waals surface area contributed by atoms with Crippen molar-refractivity contribution in [3.8, 4) is 0 Å². The topological polar surface area (TPSA) is 104 Å². The van der Waals surface area contributed by atoms with Crippen molar-refractivity contribution >= 4 is 35.2 Å². The number of rotatable bonds is 7. The summed E-state index contributed by atoms with van der Waals surface area (Å²) in [5.41, 5.74) is 2.35. The van der Waals surface area contributed by atoms with Crippen molar-refractivity contribution in [1.29, 1.82) is 0 Å². The van der Waals surface area contributed by atoms with Crippen LogP contribution in [-0.2, 0) is 9.53 Å². The lowest BCUT2D eigenvalue weighted by Gasteiger charge is -2.32. The molecule has 0 spiro atoms. The monoisotopic (exact) mass is 612 g/mol. The molecule has 3 fully saturated rings. The van der Waals surface area contributed by atoms with Crippen molar-refractivity contribution in [3.05, 3.63) is 62.2 Å². The van der Waals surface area contributed by atoms with Crippen LogP contribution >= 0.6 is 11.6 Å². The number of halogens is 1. The zero-order valence-corrected chi connectivity index (χ0v) is 26.2. The molecule has 3 amide bonds. The van der Waals surface area contributed by atoms with Gasteiger partial charge in [0.25, 0.3) is 5.91 Å². The molecule has 0 N–H and O–H groups in total. The van der Waals surface area contributed by atoms with Crippen molar-refractivity contribution in [2.24, 2.45) is 11.8 Å². The van der Waals surface area contributed by atoms with Gasteiger partial charge in [-0.1, -0.05) is 17.7 Å². The first-order valence-electron chi connectivity index (χ1n) is 15.1. The second kappa shape index (κ2) is 13.1. The molecule has 0 radical (unpaired) electrons. The van der Waals surface area contributed by atoms with Crippen LogP contribution in [-0.4, -0.2) is 91.1 Å². The van der Waals surface area contributed by atoms with Crippen LogP contribution in [0.2, 0.25) is 5.02 Å². The molecule has 2 unspecified atom stereocenters. The number of nitrogens with zero attached hydrogens (tertiary/aromatic N) is 4. The molecule has 0 bridgehead atoms. The number of likely N-dealkylation sites (tertiary alicyclic amines) is 3. The fraction of sp³-hybridized carbons (Fsp3) is 0.562. The van der Waals surface area contributed by atoms with Crippen molar-refractivity contribution in [1.82, 2.24) is 14.7 Å². The van der Waals surface area contributed by atoms with E-state index in [9.17, 15) is 19.2 Å². The molecule has 5 rings (SSSR count). The van der Waals surface area contributed by atoms with Gasteiger partial charge in [-0.3, -0.25) is 14.5 Å². The highest BCUT2D eigenvalue weighted by Gasteiger charge is 2.42. The zero-order valence-electron chi connectivity index (χ0n) is 25.4. The van der Waals surface area contributed by atoms with E-state index in [2.05, 4.69) is 4.90 Å². The third kappa shape index (κ3) is 7.07. The Balaban J connectivity index is 1.15. The fourth-order valence-electron chi connectivity index (χ4n) is 6.70. The number of anilines is 1. The van der Waals surface area contributed by atoms with Gasteiger partial charge in [0.05, 0.1) is 5.56 Å². The summed E-state index contributed by atoms with van der Waals surface area (Å²) in [6.07, 6.45) is 1.39. The normalized spacial score (nSPS) is 20.8. The van der Waals surface area contributed by atoms with E-state index in [4.69, 9.17) is 20.8 Å². The van der Waals surface area contributed by atoms with Gasteiger partial charge in [0.2, 0.25) is 5.91 Å². The number of aryl methyl sites for hydroxylation is 3. The highest BCUT2D eigenvalue weighted by molar-refractivity contribution is 6.31. The average Bonchev–Trinajstić information content (AvgIpc) is 3.51. The molecule has 11 heteroatoms. The van der Waals surface area contributed by atoms with Crippen molar-refractivity contribution in [3.63, 3.8) is 0 Å². The van der Waals surface area contributed by atoms with Gasteiger partial charge in [-0.25, -0.2) is 9.59 Å². The van der Waals surface area contributed by atoms with Crippen molar-refractivity contribution < 1.29 is 23.5 Å². The first kappa shape index (κ1) is 31.1. The largest absolute Gasteiger partial charge is 0.446 e. The molecule has 3 saturated heterocycles. The van der Waals surface area contributed by atoms with Crippen LogP contribution in [0.25, 0.3) is 0 Å². The minimum atomic E-state index is -0.437. The van der Waals surface area contributed by atoms with E-state index in [1.807, 2.05) is 30.0 Å². The SMILES string of the molecule is CC(=O)N1CCC(OC(=O)N(CCCN2CC3CN(C(=O)c4c(C)cc(=O)oc4C)CC3C2)c2ccc(C)c(Cl)c2)CC1. The third-order valence-electron chi connectivity index (χ3n) is 9.10. The Kier molecular flexibility index (Phi) is 9.46. The Morgan fingerprint density at radius 1 is 0.977 bits per heavy atom. The number of carbonyl (C=O) groups excluding carboxylic acids is 3. The summed E-state index contributed by atoms with van der Waals surface area (Å²) in [4.78, 5) is 57.8. The summed E-state index contributed by atoms with van der Waals surface area (Å²) in [5.74, 6) is 1.12. The predicted octanol–water partition coefficient (Wildman–Crippen LogP) is 4.27. The summed E-state index contributed by atoms with van der Waals surface area (Å²) < 4.78 is 11.1. The Bertz CT molecular complexity index is 1400. The molecule has 2 atom stereocenters. The first-order chi connectivity index (χ1) is 20.5. The molecule has 10 nitrogen and oxygen atoms in total. The van der Waals surface area contributed by atoms with E-state index in [1.165, 1.54) is 6.07 Å². The third-order valence-corrected chi connectivity index (χ3v) is 9.50. The number of hydrogen-bond donors (Lipinski definition) is 0. The number of piperidine rings is 1. The predicted molar refractivity (Wildman–Crippen MR) is 164 cm³/mol. The molecule has 232 valence electrons. The van der Waals surface area contributed by atoms with Crippen molar-refractivity contribution in [2.45, 2.75) is 53.1 Å². The van der Waals surface area contributed by atoms with Crippen LogP contribution < -0.4 is 10.5 Å². The average molecular weight is 613 g/mol. The van der Waals surface area contributed by atoms with E-state index in [0.29, 0.717) is 85.0 Å². The standard InChI is InChI=1S/C32H41ClN4O6/c1-20-6-7-26(15-28(20)33)37(32(41)43-27-8-12-35(13-9-27)23(4)38)11-5-10-34-16-24-18-36(19-25(24)17-34)31(40)30-21(2)14-29(39)42-22(30)3/h6-7,14-15,24-25,27H,5,8-13,16-19H2,1-4H3. The summed E-state index contributed by atoms with van der Waals surface area (Å²) in [6.45, 7) is 12.6. The Labute approximate surface area is 257 Å². The summed E-state index contributed by atoms with van der Waals surface area (Å²) in [6, 6.07) is 6.99. The second-order valence-corrected chi connectivity index (χ2v) is 12.6. The Morgan fingerprint density at radius 2 is 1.65 bits per heavy atom. The maximum Gasteiger partial charge on any atom is 0.414 e. The van der Waals surface area contributed by atoms with Gasteiger partial charge in [-0.15, -0.1) is 0 Å². The first-order valence-corrected chi connectivity index (χ1v) is 15.5. The van der Waals surface area contributed by atoms with Gasteiger partial charge in [-0.05, 0) is 68.8 Å². The smallest absolute Gasteiger partial charge is 0.414 e. The van der Waals surface area contributed by atoms with E-state index in [0.717, 1.165) is 31.6 Å². The zero-order chi connectivity index (χ0) is 30.8. The number of ether oxygens (including phenoxy) is 1. The number of fused-ring (bicyclic) bond motifs is 1. The summed E-state index contributed by atoms with van der Waals surface area (Å²) in [5, 5.41) is 0.597. The lowest BCUT2D eigenvalue weighted by molar-refractivity contribution is -0.130. The van der Waals surface area contributed by atoms with Gasteiger partial charge in [0.1, 0.15) is 11.9 Å². The van der Waals surface area contributed by atoms with Crippen LogP contribution in [0.5, 0.6) is 0 Å². The molecule has 3 aliphatic heterocycles. The highest BCUT2D eigenvalue weighted by Crippen LogP contribution is 2.33. The van der Waals surface area contributed by atoms with Gasteiger partial charge >= 0.3 is 11.7 Å². The Morgan fingerprint density at radius 3 is 2.26 bits per heavy atom. The van der Waals surface area contributed by atoms with Crippen LogP contribution in [0.3, 0.4) is 0 Å². The van der Waals surface area contributed by atoms with E-state index >= 15 is 0 Å². The van der Waals surface area contributed by atoms with Crippen molar-refractivity contribution in [2.75, 3.05) is 57.3 Å². The quantitative estimate of drug-likeness (QED) is 0.460. The number of hydrogen-bond acceptors (Lipinski definition) is 7. The molecule has 1 aromatic carbocycles. The van der Waals surface area contributed by atoms with Gasteiger partial charge in [-0.2, -0.15) is 0 Å². The lowest BCUT2D eigenvalue weighted by Crippen LogP contribution is -2.43. The minimum absolute atomic E-state index is 0.0438. The molecular formula is C32H41ClN4O6. The molecular weight excluding hydrogens is 572 g/mol. The van der Waals surface area contributed by atoms with Crippen LogP contribution in [0.15, 0.2) is 33.5 Å². The maximum atomic E-state index is 13.4. The minimum Gasteiger partial charge on any atom is -0.446 e. The van der Waals surface area contributed by atoms with E-state index < -0.39 is 11.7 Å². The molecule has 0 aliphatic carbocycles. The van der Waals surface area contributed by atoms with Gasteiger partial charge in [0.15, 0.2) is 0 Å². The fourth-order valence-corrected chi connectivity index (χ4v) is 6.87. The molecule has 0 saturated carbocycles. The maximum absolute atomic E-state index is 13.4. The number of amides is 3. The second-order valence-electron chi connectivity index (χ2n) is 12.2.